The molecule has 1 amide bonds. The van der Waals surface area contributed by atoms with Gasteiger partial charge in [-0.25, -0.2) is 13.9 Å². The maximum Gasteiger partial charge on any atom is 0.573 e. The Bertz CT molecular complexity index is 1080. The summed E-state index contributed by atoms with van der Waals surface area (Å²) < 4.78 is 67.6. The average Bonchev–Trinajstić information content (AvgIpc) is 2.77. The first-order valence-corrected chi connectivity index (χ1v) is 10.9. The summed E-state index contributed by atoms with van der Waals surface area (Å²) in [6.07, 6.45) is -2.15. The van der Waals surface area contributed by atoms with Crippen molar-refractivity contribution < 1.29 is 36.3 Å². The zero-order valence-electron chi connectivity index (χ0n) is 16.6. The second kappa shape index (κ2) is 9.59. The number of alkyl halides is 3. The van der Waals surface area contributed by atoms with E-state index in [4.69, 9.17) is 5.21 Å². The smallest absolute Gasteiger partial charge is 0.406 e. The number of rotatable bonds is 6. The van der Waals surface area contributed by atoms with E-state index in [2.05, 4.69) is 4.74 Å². The summed E-state index contributed by atoms with van der Waals surface area (Å²) in [6, 6.07) is 11.3. The predicted octanol–water partition coefficient (Wildman–Crippen LogP) is 2.61. The molecule has 3 rings (SSSR count). The van der Waals surface area contributed by atoms with Crippen LogP contribution in [0.15, 0.2) is 59.5 Å². The molecule has 0 unspecified atom stereocenters. The van der Waals surface area contributed by atoms with E-state index in [-0.39, 0.29) is 18.0 Å². The molecule has 8 nitrogen and oxygen atoms in total. The molecule has 1 heterocycles. The van der Waals surface area contributed by atoms with Crippen LogP contribution in [0.5, 0.6) is 5.75 Å². The van der Waals surface area contributed by atoms with Gasteiger partial charge in [0.05, 0.1) is 4.90 Å². The van der Waals surface area contributed by atoms with Gasteiger partial charge in [0.1, 0.15) is 5.75 Å². The molecule has 0 saturated carbocycles. The minimum absolute atomic E-state index is 0.126. The first-order chi connectivity index (χ1) is 15.1. The fraction of sp³-hybridized carbons (Fsp3) is 0.250. The van der Waals surface area contributed by atoms with Gasteiger partial charge in [0, 0.05) is 37.9 Å². The van der Waals surface area contributed by atoms with Crippen molar-refractivity contribution in [2.24, 2.45) is 0 Å². The minimum atomic E-state index is -4.86. The number of hydroxylamine groups is 1. The fourth-order valence-corrected chi connectivity index (χ4v) is 4.67. The van der Waals surface area contributed by atoms with Crippen molar-refractivity contribution in [3.05, 3.63) is 60.2 Å². The molecule has 2 aromatic carbocycles. The highest BCUT2D eigenvalue weighted by atomic mass is 32.2. The summed E-state index contributed by atoms with van der Waals surface area (Å²) in [5.74, 6) is -1.18. The Hall–Kier alpha value is -3.09. The molecule has 0 aliphatic carbocycles. The first-order valence-electron chi connectivity index (χ1n) is 9.42. The molecule has 0 radical (unpaired) electrons. The van der Waals surface area contributed by atoms with E-state index in [1.165, 1.54) is 21.9 Å². The number of hydrogen-bond donors (Lipinski definition) is 2. The molecule has 32 heavy (non-hydrogen) atoms. The molecule has 0 atom stereocenters. The Morgan fingerprint density at radius 1 is 1.03 bits per heavy atom. The maximum atomic E-state index is 12.9. The van der Waals surface area contributed by atoms with Crippen molar-refractivity contribution in [3.8, 4) is 5.75 Å². The molecule has 12 heteroatoms. The Kier molecular flexibility index (Phi) is 7.06. The molecule has 1 aliphatic heterocycles. The molecule has 1 fully saturated rings. The van der Waals surface area contributed by atoms with Crippen LogP contribution in [0.25, 0.3) is 6.08 Å². The van der Waals surface area contributed by atoms with E-state index in [1.807, 2.05) is 17.0 Å². The molecule has 1 saturated heterocycles. The summed E-state index contributed by atoms with van der Waals surface area (Å²) in [6.45, 7) is 1.06. The van der Waals surface area contributed by atoms with Gasteiger partial charge >= 0.3 is 6.36 Å². The van der Waals surface area contributed by atoms with E-state index in [1.54, 1.807) is 12.1 Å². The summed E-state index contributed by atoms with van der Waals surface area (Å²) in [7, 11) is -3.89. The topological polar surface area (TPSA) is 99.2 Å². The van der Waals surface area contributed by atoms with Crippen LogP contribution in [0.3, 0.4) is 0 Å². The van der Waals surface area contributed by atoms with Crippen LogP contribution in [0.1, 0.15) is 5.56 Å². The van der Waals surface area contributed by atoms with Gasteiger partial charge in [0.2, 0.25) is 10.0 Å². The molecular formula is C20H20F3N3O5S. The number of sulfonamides is 1. The molecule has 172 valence electrons. The number of ether oxygens (including phenoxy) is 1. The lowest BCUT2D eigenvalue weighted by atomic mass is 10.1. The molecule has 0 aromatic heterocycles. The molecule has 0 spiro atoms. The number of nitrogens with one attached hydrogen (secondary N) is 1. The third-order valence-corrected chi connectivity index (χ3v) is 6.65. The Labute approximate surface area is 182 Å². The van der Waals surface area contributed by atoms with E-state index in [0.29, 0.717) is 18.7 Å². The number of hydrogen-bond acceptors (Lipinski definition) is 6. The second-order valence-corrected chi connectivity index (χ2v) is 8.72. The van der Waals surface area contributed by atoms with E-state index < -0.39 is 28.0 Å². The number of piperazine rings is 1. The number of nitrogens with zero attached hydrogens (tertiary/aromatic N) is 2. The normalized spacial score (nSPS) is 15.7. The average molecular weight is 471 g/mol. The molecule has 0 bridgehead atoms. The number of benzene rings is 2. The highest BCUT2D eigenvalue weighted by molar-refractivity contribution is 7.89. The summed E-state index contributed by atoms with van der Waals surface area (Å²) in [4.78, 5) is 13.1. The zero-order valence-corrected chi connectivity index (χ0v) is 17.4. The largest absolute Gasteiger partial charge is 0.573 e. The van der Waals surface area contributed by atoms with Gasteiger partial charge in [0.15, 0.2) is 0 Å². The van der Waals surface area contributed by atoms with Crippen molar-refractivity contribution in [3.63, 3.8) is 0 Å². The van der Waals surface area contributed by atoms with Crippen LogP contribution in [0.2, 0.25) is 0 Å². The molecular weight excluding hydrogens is 451 g/mol. The number of carbonyl (C=O) groups is 1. The lowest BCUT2D eigenvalue weighted by molar-refractivity contribution is -0.274. The van der Waals surface area contributed by atoms with Crippen LogP contribution >= 0.6 is 0 Å². The lowest BCUT2D eigenvalue weighted by Crippen LogP contribution is -2.48. The first kappa shape index (κ1) is 23.6. The van der Waals surface area contributed by atoms with Crippen LogP contribution in [-0.2, 0) is 14.8 Å². The van der Waals surface area contributed by atoms with Crippen LogP contribution < -0.4 is 15.1 Å². The summed E-state index contributed by atoms with van der Waals surface area (Å²) in [5.41, 5.74) is 3.02. The van der Waals surface area contributed by atoms with Crippen molar-refractivity contribution in [2.75, 3.05) is 31.1 Å². The number of halogens is 3. The monoisotopic (exact) mass is 471 g/mol. The number of carbonyl (C=O) groups excluding carboxylic acids is 1. The summed E-state index contributed by atoms with van der Waals surface area (Å²) >= 11 is 0. The van der Waals surface area contributed by atoms with Crippen LogP contribution in [-0.4, -0.2) is 56.4 Å². The fourth-order valence-electron chi connectivity index (χ4n) is 3.25. The SMILES string of the molecule is O=C(/C=C/c1ccccc1N1CCN(S(=O)(=O)c2ccc(OC(F)(F)F)cc2)CC1)NO. The van der Waals surface area contributed by atoms with Gasteiger partial charge < -0.3 is 9.64 Å². The molecule has 2 N–H and O–H groups in total. The van der Waals surface area contributed by atoms with E-state index in [0.717, 1.165) is 30.0 Å². The molecule has 1 aliphatic rings. The zero-order chi connectivity index (χ0) is 23.4. The third kappa shape index (κ3) is 5.78. The number of para-hydroxylation sites is 1. The van der Waals surface area contributed by atoms with Crippen LogP contribution in [0, 0.1) is 0 Å². The van der Waals surface area contributed by atoms with E-state index >= 15 is 0 Å². The van der Waals surface area contributed by atoms with Gasteiger partial charge in [-0.3, -0.25) is 10.0 Å². The minimum Gasteiger partial charge on any atom is -0.406 e. The van der Waals surface area contributed by atoms with Crippen molar-refractivity contribution in [1.82, 2.24) is 9.79 Å². The molecule has 2 aromatic rings. The van der Waals surface area contributed by atoms with Gasteiger partial charge in [0.25, 0.3) is 5.91 Å². The van der Waals surface area contributed by atoms with Crippen molar-refractivity contribution in [1.29, 1.82) is 0 Å². The Morgan fingerprint density at radius 3 is 2.25 bits per heavy atom. The predicted molar refractivity (Wildman–Crippen MR) is 110 cm³/mol. The van der Waals surface area contributed by atoms with Crippen molar-refractivity contribution in [2.45, 2.75) is 11.3 Å². The summed E-state index contributed by atoms with van der Waals surface area (Å²) in [5, 5.41) is 8.61. The Morgan fingerprint density at radius 2 is 1.66 bits per heavy atom. The maximum absolute atomic E-state index is 12.9. The quantitative estimate of drug-likeness (QED) is 0.382. The van der Waals surface area contributed by atoms with Gasteiger partial charge in [-0.15, -0.1) is 13.2 Å². The van der Waals surface area contributed by atoms with Gasteiger partial charge in [-0.2, -0.15) is 4.31 Å². The number of anilines is 1. The van der Waals surface area contributed by atoms with Crippen LogP contribution in [0.4, 0.5) is 18.9 Å². The number of amides is 1. The Balaban J connectivity index is 1.69. The highest BCUT2D eigenvalue weighted by Gasteiger charge is 2.32. The standard InChI is InChI=1S/C20H20F3N3O5S/c21-20(22,23)31-16-6-8-17(9-7-16)32(29,30)26-13-11-25(12-14-26)18-4-2-1-3-15(18)5-10-19(27)24-28/h1-10,28H,11-14H2,(H,24,27)/b10-5+. The third-order valence-electron chi connectivity index (χ3n) is 4.74. The highest BCUT2D eigenvalue weighted by Crippen LogP contribution is 2.27. The van der Waals surface area contributed by atoms with Gasteiger partial charge in [-0.1, -0.05) is 18.2 Å². The van der Waals surface area contributed by atoms with Crippen molar-refractivity contribution >= 4 is 27.7 Å². The van der Waals surface area contributed by atoms with E-state index in [9.17, 15) is 26.4 Å². The second-order valence-electron chi connectivity index (χ2n) is 6.78. The lowest BCUT2D eigenvalue weighted by Gasteiger charge is -2.36. The van der Waals surface area contributed by atoms with Gasteiger partial charge in [-0.05, 0) is 42.0 Å².